The van der Waals surface area contributed by atoms with Crippen molar-refractivity contribution in [2.75, 3.05) is 13.2 Å². The van der Waals surface area contributed by atoms with E-state index in [9.17, 15) is 18.0 Å². The highest BCUT2D eigenvalue weighted by Crippen LogP contribution is 2.36. The van der Waals surface area contributed by atoms with Crippen LogP contribution < -0.4 is 4.74 Å². The molecule has 0 saturated heterocycles. The van der Waals surface area contributed by atoms with Crippen LogP contribution in [0.15, 0.2) is 35.8 Å². The molecule has 0 aliphatic heterocycles. The van der Waals surface area contributed by atoms with Crippen molar-refractivity contribution >= 4 is 17.3 Å². The number of carbonyl (C=O) groups is 1. The molecule has 1 aliphatic carbocycles. The fourth-order valence-electron chi connectivity index (χ4n) is 2.86. The molecule has 0 bridgehead atoms. The van der Waals surface area contributed by atoms with Crippen molar-refractivity contribution in [1.29, 1.82) is 0 Å². The Kier molecular flexibility index (Phi) is 5.50. The van der Waals surface area contributed by atoms with Gasteiger partial charge in [-0.25, -0.2) is 14.5 Å². The van der Waals surface area contributed by atoms with E-state index in [1.807, 2.05) is 12.1 Å². The van der Waals surface area contributed by atoms with Crippen LogP contribution in [0.3, 0.4) is 0 Å². The first-order chi connectivity index (χ1) is 14.4. The van der Waals surface area contributed by atoms with Gasteiger partial charge in [-0.2, -0.15) is 18.3 Å². The summed E-state index contributed by atoms with van der Waals surface area (Å²) in [7, 11) is 0. The molecular formula is C20H18F3N3O3S. The Hall–Kier alpha value is -2.88. The number of ether oxygens (including phenoxy) is 2. The number of esters is 1. The third-order valence-electron chi connectivity index (χ3n) is 4.52. The van der Waals surface area contributed by atoms with Crippen LogP contribution in [0.5, 0.6) is 5.75 Å². The molecule has 0 unspecified atom stereocenters. The number of carbonyl (C=O) groups excluding carboxylic acids is 1. The summed E-state index contributed by atoms with van der Waals surface area (Å²) in [6.07, 6.45) is -1.60. The van der Waals surface area contributed by atoms with Crippen molar-refractivity contribution < 1.29 is 27.4 Å². The van der Waals surface area contributed by atoms with Crippen molar-refractivity contribution in [3.05, 3.63) is 47.1 Å². The Bertz CT molecular complexity index is 1060. The average molecular weight is 437 g/mol. The van der Waals surface area contributed by atoms with E-state index >= 15 is 0 Å². The number of hydrogen-bond donors (Lipinski definition) is 0. The maximum absolute atomic E-state index is 13.7. The molecule has 0 spiro atoms. The van der Waals surface area contributed by atoms with Crippen molar-refractivity contribution in [2.24, 2.45) is 5.92 Å². The molecule has 10 heteroatoms. The lowest BCUT2D eigenvalue weighted by molar-refractivity contribution is -0.143. The van der Waals surface area contributed by atoms with Gasteiger partial charge in [-0.1, -0.05) is 12.1 Å². The Labute approximate surface area is 174 Å². The van der Waals surface area contributed by atoms with E-state index in [1.165, 1.54) is 19.8 Å². The van der Waals surface area contributed by atoms with Crippen LogP contribution in [-0.2, 0) is 10.9 Å². The van der Waals surface area contributed by atoms with E-state index in [2.05, 4.69) is 10.1 Å². The topological polar surface area (TPSA) is 66.2 Å². The lowest BCUT2D eigenvalue weighted by Crippen LogP contribution is -2.18. The van der Waals surface area contributed by atoms with Gasteiger partial charge in [0.1, 0.15) is 11.3 Å². The number of benzene rings is 1. The number of aromatic nitrogens is 3. The molecule has 30 heavy (non-hydrogen) atoms. The molecule has 1 fully saturated rings. The summed E-state index contributed by atoms with van der Waals surface area (Å²) < 4.78 is 52.1. The zero-order valence-electron chi connectivity index (χ0n) is 16.0. The predicted octanol–water partition coefficient (Wildman–Crippen LogP) is 4.98. The summed E-state index contributed by atoms with van der Waals surface area (Å²) in [5.41, 5.74) is -0.634. The SMILES string of the molecule is CCOC(=O)c1cnn(-c2nc(-c3cccc(OCC4CC4)c3)cs2)c1C(F)(F)F. The first-order valence-corrected chi connectivity index (χ1v) is 10.3. The van der Waals surface area contributed by atoms with E-state index in [0.717, 1.165) is 23.1 Å². The van der Waals surface area contributed by atoms with Gasteiger partial charge in [0.15, 0.2) is 5.69 Å². The Morgan fingerprint density at radius 2 is 2.13 bits per heavy atom. The molecule has 0 atom stereocenters. The second-order valence-electron chi connectivity index (χ2n) is 6.83. The third-order valence-corrected chi connectivity index (χ3v) is 5.33. The Morgan fingerprint density at radius 3 is 2.83 bits per heavy atom. The highest BCUT2D eigenvalue weighted by atomic mass is 32.1. The smallest absolute Gasteiger partial charge is 0.434 e. The quantitative estimate of drug-likeness (QED) is 0.488. The van der Waals surface area contributed by atoms with E-state index in [0.29, 0.717) is 28.7 Å². The van der Waals surface area contributed by atoms with E-state index in [-0.39, 0.29) is 11.7 Å². The minimum absolute atomic E-state index is 0.00262. The number of nitrogens with zero attached hydrogens (tertiary/aromatic N) is 3. The van der Waals surface area contributed by atoms with Crippen LogP contribution in [-0.4, -0.2) is 33.9 Å². The number of alkyl halides is 3. The van der Waals surface area contributed by atoms with Gasteiger partial charge >= 0.3 is 12.1 Å². The van der Waals surface area contributed by atoms with Gasteiger partial charge in [0, 0.05) is 10.9 Å². The molecule has 6 nitrogen and oxygen atoms in total. The minimum Gasteiger partial charge on any atom is -0.493 e. The van der Waals surface area contributed by atoms with Gasteiger partial charge in [0.05, 0.1) is 25.1 Å². The lowest BCUT2D eigenvalue weighted by atomic mass is 10.2. The minimum atomic E-state index is -4.80. The summed E-state index contributed by atoms with van der Waals surface area (Å²) in [4.78, 5) is 16.2. The van der Waals surface area contributed by atoms with Gasteiger partial charge in [-0.3, -0.25) is 0 Å². The molecule has 0 amide bonds. The first kappa shape index (κ1) is 20.4. The summed E-state index contributed by atoms with van der Waals surface area (Å²) in [6.45, 7) is 2.14. The van der Waals surface area contributed by atoms with Crippen molar-refractivity contribution in [3.8, 4) is 22.1 Å². The number of rotatable bonds is 7. The van der Waals surface area contributed by atoms with Crippen LogP contribution in [0.1, 0.15) is 35.8 Å². The first-order valence-electron chi connectivity index (χ1n) is 9.38. The van der Waals surface area contributed by atoms with Gasteiger partial charge in [0.2, 0.25) is 5.13 Å². The molecule has 2 aromatic heterocycles. The molecule has 1 saturated carbocycles. The molecule has 1 aliphatic rings. The molecule has 158 valence electrons. The monoisotopic (exact) mass is 437 g/mol. The number of thiazole rings is 1. The van der Waals surface area contributed by atoms with Crippen molar-refractivity contribution in [1.82, 2.24) is 14.8 Å². The second-order valence-corrected chi connectivity index (χ2v) is 7.67. The second kappa shape index (κ2) is 8.10. The standard InChI is InChI=1S/C20H18F3N3O3S/c1-2-28-18(27)15-9-24-26(17(15)20(21,22)23)19-25-16(11-30-19)13-4-3-5-14(8-13)29-10-12-6-7-12/h3-5,8-9,11-12H,2,6-7,10H2,1H3. The average Bonchev–Trinajstić information content (AvgIpc) is 3.21. The van der Waals surface area contributed by atoms with Crippen LogP contribution in [0.4, 0.5) is 13.2 Å². The highest BCUT2D eigenvalue weighted by molar-refractivity contribution is 7.12. The van der Waals surface area contributed by atoms with E-state index in [4.69, 9.17) is 9.47 Å². The lowest BCUT2D eigenvalue weighted by Gasteiger charge is -2.10. The highest BCUT2D eigenvalue weighted by Gasteiger charge is 2.41. The summed E-state index contributed by atoms with van der Waals surface area (Å²) >= 11 is 0.997. The fourth-order valence-corrected chi connectivity index (χ4v) is 3.66. The summed E-state index contributed by atoms with van der Waals surface area (Å²) in [5.74, 6) is 0.218. The van der Waals surface area contributed by atoms with Crippen LogP contribution >= 0.6 is 11.3 Å². The van der Waals surface area contributed by atoms with Crippen LogP contribution in [0.25, 0.3) is 16.4 Å². The van der Waals surface area contributed by atoms with E-state index in [1.54, 1.807) is 17.5 Å². The van der Waals surface area contributed by atoms with Gasteiger partial charge in [0.25, 0.3) is 0 Å². The molecule has 3 aromatic rings. The van der Waals surface area contributed by atoms with Crippen molar-refractivity contribution in [3.63, 3.8) is 0 Å². The molecule has 4 rings (SSSR count). The zero-order valence-corrected chi connectivity index (χ0v) is 16.8. The molecule has 0 N–H and O–H groups in total. The van der Waals surface area contributed by atoms with Crippen LogP contribution in [0, 0.1) is 5.92 Å². The van der Waals surface area contributed by atoms with Crippen LogP contribution in [0.2, 0.25) is 0 Å². The molecule has 0 radical (unpaired) electrons. The Balaban J connectivity index is 1.64. The van der Waals surface area contributed by atoms with Gasteiger partial charge in [-0.15, -0.1) is 11.3 Å². The maximum Gasteiger partial charge on any atom is 0.434 e. The van der Waals surface area contributed by atoms with Crippen molar-refractivity contribution in [2.45, 2.75) is 25.9 Å². The largest absolute Gasteiger partial charge is 0.493 e. The van der Waals surface area contributed by atoms with E-state index < -0.39 is 23.4 Å². The zero-order chi connectivity index (χ0) is 21.3. The van der Waals surface area contributed by atoms with Gasteiger partial charge in [-0.05, 0) is 37.8 Å². The molecular weight excluding hydrogens is 419 g/mol. The number of hydrogen-bond acceptors (Lipinski definition) is 6. The van der Waals surface area contributed by atoms with Gasteiger partial charge < -0.3 is 9.47 Å². The fraction of sp³-hybridized carbons (Fsp3) is 0.350. The molecule has 1 aromatic carbocycles. The summed E-state index contributed by atoms with van der Waals surface area (Å²) in [6, 6.07) is 7.25. The molecule has 2 heterocycles. The third kappa shape index (κ3) is 4.33. The number of halogens is 3. The Morgan fingerprint density at radius 1 is 1.33 bits per heavy atom. The maximum atomic E-state index is 13.7. The summed E-state index contributed by atoms with van der Waals surface area (Å²) in [5, 5.41) is 5.39. The normalized spacial score (nSPS) is 14.0. The predicted molar refractivity (Wildman–Crippen MR) is 104 cm³/mol.